The molecule has 2 aliphatic carbocycles. The number of nitrogens with zero attached hydrogens (tertiary/aromatic N) is 2. The van der Waals surface area contributed by atoms with E-state index in [4.69, 9.17) is 4.74 Å². The van der Waals surface area contributed by atoms with Gasteiger partial charge in [-0.2, -0.15) is 18.3 Å². The van der Waals surface area contributed by atoms with Gasteiger partial charge in [0.05, 0.1) is 34.8 Å². The zero-order valence-electron chi connectivity index (χ0n) is 17.5. The van der Waals surface area contributed by atoms with Gasteiger partial charge in [0, 0.05) is 19.1 Å². The van der Waals surface area contributed by atoms with Crippen LogP contribution >= 0.6 is 0 Å². The average molecular weight is 435 g/mol. The number of halogens is 3. The molecular formula is C23H28F3N3O2. The molecule has 1 N–H and O–H groups in total. The Morgan fingerprint density at radius 3 is 2.65 bits per heavy atom. The summed E-state index contributed by atoms with van der Waals surface area (Å²) in [7, 11) is 0. The summed E-state index contributed by atoms with van der Waals surface area (Å²) in [6.07, 6.45) is 5.87. The molecule has 168 valence electrons. The van der Waals surface area contributed by atoms with Gasteiger partial charge in [0.25, 0.3) is 5.91 Å². The number of amides is 1. The number of hydrogen-bond acceptors (Lipinski definition) is 3. The van der Waals surface area contributed by atoms with Crippen molar-refractivity contribution >= 4 is 5.91 Å². The van der Waals surface area contributed by atoms with Gasteiger partial charge in [0.2, 0.25) is 0 Å². The highest BCUT2D eigenvalue weighted by Gasteiger charge is 2.34. The van der Waals surface area contributed by atoms with E-state index in [2.05, 4.69) is 10.4 Å². The monoisotopic (exact) mass is 435 g/mol. The lowest BCUT2D eigenvalue weighted by Crippen LogP contribution is -2.27. The minimum Gasteiger partial charge on any atom is -0.378 e. The fraction of sp³-hybridized carbons (Fsp3) is 0.565. The molecule has 0 saturated heterocycles. The number of aromatic nitrogens is 2. The molecule has 2 saturated carbocycles. The molecule has 2 aliphatic rings. The predicted molar refractivity (Wildman–Crippen MR) is 110 cm³/mol. The number of rotatable bonds is 8. The standard InChI is InChI=1S/C23H28F3N3O2/c24-23(25,26)17-6-4-7-18(14-17)29-21(16-10-11-16)20(15-28-29)22(30)27-12-5-13-31-19-8-2-1-3-9-19/h4,6-7,14-16,19H,1-3,5,8-13H2,(H,27,30). The summed E-state index contributed by atoms with van der Waals surface area (Å²) in [6.45, 7) is 1.11. The summed E-state index contributed by atoms with van der Waals surface area (Å²) >= 11 is 0. The van der Waals surface area contributed by atoms with Gasteiger partial charge < -0.3 is 10.1 Å². The summed E-state index contributed by atoms with van der Waals surface area (Å²) in [5, 5.41) is 7.17. The fourth-order valence-corrected chi connectivity index (χ4v) is 4.15. The summed E-state index contributed by atoms with van der Waals surface area (Å²) < 4.78 is 46.7. The van der Waals surface area contributed by atoms with Gasteiger partial charge in [-0.1, -0.05) is 25.3 Å². The van der Waals surface area contributed by atoms with Crippen molar-refractivity contribution in [3.63, 3.8) is 0 Å². The van der Waals surface area contributed by atoms with Crippen molar-refractivity contribution in [2.24, 2.45) is 0 Å². The largest absolute Gasteiger partial charge is 0.416 e. The molecule has 1 heterocycles. The zero-order chi connectivity index (χ0) is 21.8. The molecule has 1 aromatic carbocycles. The zero-order valence-corrected chi connectivity index (χ0v) is 17.5. The Kier molecular flexibility index (Phi) is 6.65. The first-order valence-electron chi connectivity index (χ1n) is 11.1. The van der Waals surface area contributed by atoms with Crippen molar-refractivity contribution in [2.75, 3.05) is 13.2 Å². The van der Waals surface area contributed by atoms with Crippen LogP contribution in [0.15, 0.2) is 30.5 Å². The third-order valence-corrected chi connectivity index (χ3v) is 5.95. The van der Waals surface area contributed by atoms with Crippen LogP contribution in [0.4, 0.5) is 13.2 Å². The molecule has 5 nitrogen and oxygen atoms in total. The molecule has 2 fully saturated rings. The smallest absolute Gasteiger partial charge is 0.378 e. The molecule has 0 bridgehead atoms. The van der Waals surface area contributed by atoms with Crippen LogP contribution in [0, 0.1) is 0 Å². The molecule has 8 heteroatoms. The summed E-state index contributed by atoms with van der Waals surface area (Å²) in [6, 6.07) is 5.05. The number of alkyl halides is 3. The van der Waals surface area contributed by atoms with E-state index in [-0.39, 0.29) is 11.8 Å². The van der Waals surface area contributed by atoms with Crippen molar-refractivity contribution in [2.45, 2.75) is 69.6 Å². The molecule has 0 radical (unpaired) electrons. The lowest BCUT2D eigenvalue weighted by Gasteiger charge is -2.21. The molecule has 0 aliphatic heterocycles. The second-order valence-electron chi connectivity index (χ2n) is 8.42. The van der Waals surface area contributed by atoms with Crippen LogP contribution in [0.3, 0.4) is 0 Å². The Morgan fingerprint density at radius 1 is 1.16 bits per heavy atom. The maximum atomic E-state index is 13.1. The molecule has 0 spiro atoms. The van der Waals surface area contributed by atoms with Crippen LogP contribution in [0.5, 0.6) is 0 Å². The first-order valence-corrected chi connectivity index (χ1v) is 11.1. The number of nitrogens with one attached hydrogen (secondary N) is 1. The van der Waals surface area contributed by atoms with Gasteiger partial charge in [-0.05, 0) is 50.3 Å². The highest BCUT2D eigenvalue weighted by Crippen LogP contribution is 2.42. The summed E-state index contributed by atoms with van der Waals surface area (Å²) in [4.78, 5) is 12.7. The molecule has 2 aromatic rings. The lowest BCUT2D eigenvalue weighted by molar-refractivity contribution is -0.137. The Labute approximate surface area is 180 Å². The number of ether oxygens (including phenoxy) is 1. The van der Waals surface area contributed by atoms with Gasteiger partial charge in [0.15, 0.2) is 0 Å². The number of hydrogen-bond donors (Lipinski definition) is 1. The fourth-order valence-electron chi connectivity index (χ4n) is 4.15. The minimum absolute atomic E-state index is 0.146. The van der Waals surface area contributed by atoms with Crippen LogP contribution < -0.4 is 5.32 Å². The van der Waals surface area contributed by atoms with E-state index in [1.54, 1.807) is 6.07 Å². The van der Waals surface area contributed by atoms with Gasteiger partial charge in [-0.3, -0.25) is 4.79 Å². The molecule has 4 rings (SSSR count). The molecular weight excluding hydrogens is 407 g/mol. The van der Waals surface area contributed by atoms with E-state index in [1.807, 2.05) is 0 Å². The molecule has 31 heavy (non-hydrogen) atoms. The SMILES string of the molecule is O=C(NCCCOC1CCCCC1)c1cnn(-c2cccc(C(F)(F)F)c2)c1C1CC1. The summed E-state index contributed by atoms with van der Waals surface area (Å²) in [5.41, 5.74) is 0.714. The molecule has 1 aromatic heterocycles. The van der Waals surface area contributed by atoms with E-state index >= 15 is 0 Å². The van der Waals surface area contributed by atoms with Crippen LogP contribution in [0.1, 0.15) is 78.9 Å². The second-order valence-corrected chi connectivity index (χ2v) is 8.42. The number of benzene rings is 1. The summed E-state index contributed by atoms with van der Waals surface area (Å²) in [5.74, 6) is -0.0924. The van der Waals surface area contributed by atoms with Crippen LogP contribution in [0.2, 0.25) is 0 Å². The second kappa shape index (κ2) is 9.42. The number of carbonyl (C=O) groups excluding carboxylic acids is 1. The van der Waals surface area contributed by atoms with Crippen LogP contribution in [-0.4, -0.2) is 34.9 Å². The van der Waals surface area contributed by atoms with Crippen molar-refractivity contribution in [3.8, 4) is 5.69 Å². The molecule has 0 atom stereocenters. The first-order chi connectivity index (χ1) is 14.9. The average Bonchev–Trinajstić information content (AvgIpc) is 3.51. The topological polar surface area (TPSA) is 56.1 Å². The highest BCUT2D eigenvalue weighted by molar-refractivity contribution is 5.95. The maximum Gasteiger partial charge on any atom is 0.416 e. The predicted octanol–water partition coefficient (Wildman–Crippen LogP) is 5.24. The van der Waals surface area contributed by atoms with E-state index in [9.17, 15) is 18.0 Å². The van der Waals surface area contributed by atoms with Crippen molar-refractivity contribution in [3.05, 3.63) is 47.3 Å². The van der Waals surface area contributed by atoms with Crippen molar-refractivity contribution < 1.29 is 22.7 Å². The Morgan fingerprint density at radius 2 is 1.94 bits per heavy atom. The first kappa shape index (κ1) is 21.9. The lowest BCUT2D eigenvalue weighted by atomic mass is 9.98. The van der Waals surface area contributed by atoms with Crippen molar-refractivity contribution in [1.82, 2.24) is 15.1 Å². The van der Waals surface area contributed by atoms with E-state index in [1.165, 1.54) is 36.2 Å². The quantitative estimate of drug-likeness (QED) is 0.577. The van der Waals surface area contributed by atoms with Gasteiger partial charge in [-0.25, -0.2) is 4.68 Å². The van der Waals surface area contributed by atoms with Crippen molar-refractivity contribution in [1.29, 1.82) is 0 Å². The highest BCUT2D eigenvalue weighted by atomic mass is 19.4. The minimum atomic E-state index is -4.43. The van der Waals surface area contributed by atoms with Crippen LogP contribution in [-0.2, 0) is 10.9 Å². The third kappa shape index (κ3) is 5.47. The van der Waals surface area contributed by atoms with E-state index in [0.29, 0.717) is 36.2 Å². The van der Waals surface area contributed by atoms with E-state index in [0.717, 1.165) is 44.2 Å². The third-order valence-electron chi connectivity index (χ3n) is 5.95. The molecule has 1 amide bonds. The Bertz CT molecular complexity index is 900. The molecule has 0 unspecified atom stereocenters. The van der Waals surface area contributed by atoms with Crippen LogP contribution in [0.25, 0.3) is 5.69 Å². The number of carbonyl (C=O) groups is 1. The maximum absolute atomic E-state index is 13.1. The Hall–Kier alpha value is -2.35. The van der Waals surface area contributed by atoms with Gasteiger partial charge in [0.1, 0.15) is 0 Å². The van der Waals surface area contributed by atoms with Gasteiger partial charge >= 0.3 is 6.18 Å². The van der Waals surface area contributed by atoms with Gasteiger partial charge in [-0.15, -0.1) is 0 Å². The normalized spacial score (nSPS) is 17.6. The van der Waals surface area contributed by atoms with E-state index < -0.39 is 11.7 Å². The Balaban J connectivity index is 1.39.